The molecule has 0 aliphatic rings. The van der Waals surface area contributed by atoms with E-state index in [9.17, 15) is 4.39 Å². The minimum atomic E-state index is -0.248. The Labute approximate surface area is 169 Å². The van der Waals surface area contributed by atoms with Crippen molar-refractivity contribution in [1.82, 2.24) is 9.78 Å². The molecule has 0 fully saturated rings. The Morgan fingerprint density at radius 3 is 2.14 bits per heavy atom. The number of hydrogen-bond acceptors (Lipinski definition) is 3. The van der Waals surface area contributed by atoms with E-state index in [1.54, 1.807) is 26.4 Å². The van der Waals surface area contributed by atoms with Crippen LogP contribution < -0.4 is 9.47 Å². The van der Waals surface area contributed by atoms with Crippen LogP contribution in [0.1, 0.15) is 5.56 Å². The van der Waals surface area contributed by atoms with Gasteiger partial charge in [0.05, 0.1) is 32.2 Å². The van der Waals surface area contributed by atoms with Gasteiger partial charge in [0.25, 0.3) is 0 Å². The van der Waals surface area contributed by atoms with Crippen LogP contribution in [-0.4, -0.2) is 24.0 Å². The summed E-state index contributed by atoms with van der Waals surface area (Å²) in [5.41, 5.74) is 4.13. The summed E-state index contributed by atoms with van der Waals surface area (Å²) in [6.07, 6.45) is 0. The third kappa shape index (κ3) is 3.99. The normalized spacial score (nSPS) is 10.7. The lowest BCUT2D eigenvalue weighted by molar-refractivity contribution is 0.415. The van der Waals surface area contributed by atoms with Gasteiger partial charge in [0.2, 0.25) is 0 Å². The van der Waals surface area contributed by atoms with Gasteiger partial charge in [-0.05, 0) is 36.4 Å². The van der Waals surface area contributed by atoms with Crippen molar-refractivity contribution in [1.29, 1.82) is 0 Å². The highest BCUT2D eigenvalue weighted by Crippen LogP contribution is 2.30. The molecule has 1 aromatic heterocycles. The molecule has 4 rings (SSSR count). The van der Waals surface area contributed by atoms with E-state index < -0.39 is 0 Å². The van der Waals surface area contributed by atoms with E-state index in [4.69, 9.17) is 14.6 Å². The molecule has 0 saturated carbocycles. The van der Waals surface area contributed by atoms with E-state index in [0.717, 1.165) is 34.0 Å². The van der Waals surface area contributed by atoms with Crippen LogP contribution >= 0.6 is 0 Å². The Hall–Kier alpha value is -3.60. The number of aromatic nitrogens is 2. The van der Waals surface area contributed by atoms with E-state index in [2.05, 4.69) is 0 Å². The lowest BCUT2D eigenvalue weighted by Crippen LogP contribution is -2.05. The fourth-order valence-electron chi connectivity index (χ4n) is 3.26. The molecule has 0 atom stereocenters. The van der Waals surface area contributed by atoms with Crippen LogP contribution in [0.2, 0.25) is 0 Å². The monoisotopic (exact) mass is 388 g/mol. The molecular formula is C24H21FN2O2. The minimum Gasteiger partial charge on any atom is -0.497 e. The molecule has 0 N–H and O–H groups in total. The number of methoxy groups -OCH3 is 2. The molecule has 1 heterocycles. The maximum absolute atomic E-state index is 14.3. The van der Waals surface area contributed by atoms with Gasteiger partial charge >= 0.3 is 0 Å². The molecule has 4 nitrogen and oxygen atoms in total. The summed E-state index contributed by atoms with van der Waals surface area (Å²) in [5.74, 6) is 1.26. The van der Waals surface area contributed by atoms with Crippen molar-refractivity contribution in [2.75, 3.05) is 14.2 Å². The smallest absolute Gasteiger partial charge is 0.128 e. The second-order valence-corrected chi connectivity index (χ2v) is 6.63. The number of nitrogens with zero attached hydrogens (tertiary/aromatic N) is 2. The molecule has 0 bridgehead atoms. The van der Waals surface area contributed by atoms with Crippen LogP contribution in [0.3, 0.4) is 0 Å². The van der Waals surface area contributed by atoms with Crippen molar-refractivity contribution in [3.05, 3.63) is 90.2 Å². The zero-order chi connectivity index (χ0) is 20.2. The van der Waals surface area contributed by atoms with E-state index in [1.165, 1.54) is 6.07 Å². The van der Waals surface area contributed by atoms with E-state index >= 15 is 0 Å². The first-order chi connectivity index (χ1) is 14.2. The molecule has 146 valence electrons. The summed E-state index contributed by atoms with van der Waals surface area (Å²) in [5, 5.41) is 4.78. The third-order valence-electron chi connectivity index (χ3n) is 4.79. The van der Waals surface area contributed by atoms with Gasteiger partial charge in [-0.1, -0.05) is 42.5 Å². The van der Waals surface area contributed by atoms with Crippen molar-refractivity contribution in [2.24, 2.45) is 0 Å². The molecule has 0 aliphatic carbocycles. The highest BCUT2D eigenvalue weighted by molar-refractivity contribution is 5.70. The maximum atomic E-state index is 14.3. The average molecular weight is 388 g/mol. The average Bonchev–Trinajstić information content (AvgIpc) is 3.19. The van der Waals surface area contributed by atoms with Gasteiger partial charge in [0.1, 0.15) is 17.3 Å². The van der Waals surface area contributed by atoms with Gasteiger partial charge in [-0.3, -0.25) is 4.68 Å². The lowest BCUT2D eigenvalue weighted by Gasteiger charge is -2.09. The fourth-order valence-corrected chi connectivity index (χ4v) is 3.26. The van der Waals surface area contributed by atoms with Gasteiger partial charge < -0.3 is 9.47 Å². The van der Waals surface area contributed by atoms with Crippen LogP contribution in [0.15, 0.2) is 78.9 Å². The highest BCUT2D eigenvalue weighted by atomic mass is 19.1. The minimum absolute atomic E-state index is 0.248. The summed E-state index contributed by atoms with van der Waals surface area (Å²) in [6, 6.07) is 24.3. The van der Waals surface area contributed by atoms with Gasteiger partial charge in [-0.2, -0.15) is 5.10 Å². The number of halogens is 1. The first-order valence-corrected chi connectivity index (χ1v) is 9.28. The number of rotatable bonds is 6. The third-order valence-corrected chi connectivity index (χ3v) is 4.79. The fraction of sp³-hybridized carbons (Fsp3) is 0.125. The molecule has 0 radical (unpaired) electrons. The van der Waals surface area contributed by atoms with Crippen molar-refractivity contribution >= 4 is 0 Å². The Balaban J connectivity index is 1.82. The summed E-state index contributed by atoms with van der Waals surface area (Å²) in [6.45, 7) is 0.323. The number of hydrogen-bond donors (Lipinski definition) is 0. The van der Waals surface area contributed by atoms with Crippen LogP contribution in [-0.2, 0) is 6.54 Å². The Morgan fingerprint density at radius 1 is 0.793 bits per heavy atom. The predicted octanol–water partition coefficient (Wildman–Crippen LogP) is 5.42. The Bertz CT molecular complexity index is 1140. The molecule has 0 aliphatic heterocycles. The molecule has 4 aromatic rings. The molecule has 0 amide bonds. The predicted molar refractivity (Wildman–Crippen MR) is 112 cm³/mol. The van der Waals surface area contributed by atoms with Gasteiger partial charge in [0, 0.05) is 16.7 Å². The van der Waals surface area contributed by atoms with Crippen molar-refractivity contribution < 1.29 is 13.9 Å². The zero-order valence-electron chi connectivity index (χ0n) is 16.3. The zero-order valence-corrected chi connectivity index (χ0v) is 16.3. The first kappa shape index (κ1) is 18.7. The van der Waals surface area contributed by atoms with Crippen molar-refractivity contribution in [2.45, 2.75) is 6.54 Å². The molecule has 0 saturated heterocycles. The van der Waals surface area contributed by atoms with E-state index in [0.29, 0.717) is 12.1 Å². The van der Waals surface area contributed by atoms with Gasteiger partial charge in [-0.25, -0.2) is 4.39 Å². The standard InChI is InChI=1S/C24H21FN2O2/c1-28-20-10-5-8-17(13-20)23-15-24(18-9-6-11-21(14-18)29-2)27(26-23)16-19-7-3-4-12-22(19)25/h3-15H,16H2,1-2H3. The molecular weight excluding hydrogens is 367 g/mol. The molecule has 29 heavy (non-hydrogen) atoms. The van der Waals surface area contributed by atoms with Gasteiger partial charge in [-0.15, -0.1) is 0 Å². The van der Waals surface area contributed by atoms with Crippen LogP contribution in [0.25, 0.3) is 22.5 Å². The lowest BCUT2D eigenvalue weighted by atomic mass is 10.1. The van der Waals surface area contributed by atoms with Crippen molar-refractivity contribution in [3.63, 3.8) is 0 Å². The second kappa shape index (κ2) is 8.19. The van der Waals surface area contributed by atoms with Crippen LogP contribution in [0.5, 0.6) is 11.5 Å². The number of benzene rings is 3. The van der Waals surface area contributed by atoms with Crippen molar-refractivity contribution in [3.8, 4) is 34.0 Å². The molecule has 0 spiro atoms. The molecule has 5 heteroatoms. The molecule has 0 unspecified atom stereocenters. The Kier molecular flexibility index (Phi) is 5.29. The largest absolute Gasteiger partial charge is 0.497 e. The van der Waals surface area contributed by atoms with Crippen LogP contribution in [0, 0.1) is 5.82 Å². The summed E-state index contributed by atoms with van der Waals surface area (Å²) in [4.78, 5) is 0. The number of ether oxygens (including phenoxy) is 2. The second-order valence-electron chi connectivity index (χ2n) is 6.63. The van der Waals surface area contributed by atoms with E-state index in [-0.39, 0.29) is 5.82 Å². The van der Waals surface area contributed by atoms with Gasteiger partial charge in [0.15, 0.2) is 0 Å². The molecule has 3 aromatic carbocycles. The quantitative estimate of drug-likeness (QED) is 0.442. The Morgan fingerprint density at radius 2 is 1.45 bits per heavy atom. The van der Waals surface area contributed by atoms with E-state index in [1.807, 2.05) is 65.3 Å². The summed E-state index contributed by atoms with van der Waals surface area (Å²) < 4.78 is 26.8. The maximum Gasteiger partial charge on any atom is 0.128 e. The SMILES string of the molecule is COc1cccc(-c2cc(-c3cccc(OC)c3)n(Cc3ccccc3F)n2)c1. The topological polar surface area (TPSA) is 36.3 Å². The van der Waals surface area contributed by atoms with Crippen LogP contribution in [0.4, 0.5) is 4.39 Å². The summed E-state index contributed by atoms with van der Waals surface area (Å²) in [7, 11) is 3.27. The first-order valence-electron chi connectivity index (χ1n) is 9.28. The highest BCUT2D eigenvalue weighted by Gasteiger charge is 2.14. The summed E-state index contributed by atoms with van der Waals surface area (Å²) >= 11 is 0.